The van der Waals surface area contributed by atoms with Crippen LogP contribution in [0.3, 0.4) is 0 Å². The number of rotatable bonds is 5. The molecule has 36 heavy (non-hydrogen) atoms. The van der Waals surface area contributed by atoms with Gasteiger partial charge in [0.15, 0.2) is 0 Å². The van der Waals surface area contributed by atoms with Crippen LogP contribution in [0, 0.1) is 11.6 Å². The topological polar surface area (TPSA) is 31.9 Å². The molecule has 0 atom stereocenters. The smallest absolute Gasteiger partial charge is 0.340 e. The number of piperidine rings is 1. The van der Waals surface area contributed by atoms with Gasteiger partial charge in [-0.25, -0.2) is 13.8 Å². The highest BCUT2D eigenvalue weighted by Gasteiger charge is 2.31. The van der Waals surface area contributed by atoms with Crippen molar-refractivity contribution in [2.75, 3.05) is 13.1 Å². The van der Waals surface area contributed by atoms with Gasteiger partial charge < -0.3 is 4.98 Å². The predicted molar refractivity (Wildman–Crippen MR) is 128 cm³/mol. The summed E-state index contributed by atoms with van der Waals surface area (Å²) in [5.74, 6) is -0.0543. The van der Waals surface area contributed by atoms with Crippen molar-refractivity contribution >= 4 is 0 Å². The van der Waals surface area contributed by atoms with Crippen molar-refractivity contribution in [2.45, 2.75) is 31.5 Å². The molecule has 3 aromatic carbocycles. The van der Waals surface area contributed by atoms with E-state index < -0.39 is 11.7 Å². The van der Waals surface area contributed by atoms with Crippen molar-refractivity contribution in [3.63, 3.8) is 0 Å². The lowest BCUT2D eigenvalue weighted by Gasteiger charge is -2.31. The van der Waals surface area contributed by atoms with E-state index in [1.165, 1.54) is 36.4 Å². The molecule has 1 saturated heterocycles. The highest BCUT2D eigenvalue weighted by molar-refractivity contribution is 5.78. The van der Waals surface area contributed by atoms with E-state index in [4.69, 9.17) is 4.98 Å². The van der Waals surface area contributed by atoms with E-state index in [0.29, 0.717) is 53.5 Å². The van der Waals surface area contributed by atoms with Gasteiger partial charge >= 0.3 is 6.18 Å². The molecular formula is C28H24F5N3. The zero-order valence-electron chi connectivity index (χ0n) is 19.3. The van der Waals surface area contributed by atoms with E-state index in [1.54, 1.807) is 30.3 Å². The van der Waals surface area contributed by atoms with Crippen LogP contribution in [0.4, 0.5) is 22.0 Å². The Morgan fingerprint density at radius 3 is 2.14 bits per heavy atom. The molecule has 0 bridgehead atoms. The Kier molecular flexibility index (Phi) is 6.62. The fourth-order valence-corrected chi connectivity index (χ4v) is 4.80. The fourth-order valence-electron chi connectivity index (χ4n) is 4.80. The van der Waals surface area contributed by atoms with E-state index in [0.717, 1.165) is 18.9 Å². The molecule has 0 spiro atoms. The summed E-state index contributed by atoms with van der Waals surface area (Å²) in [5.41, 5.74) is 2.43. The normalized spacial score (nSPS) is 15.4. The van der Waals surface area contributed by atoms with Crippen molar-refractivity contribution in [3.05, 3.63) is 101 Å². The van der Waals surface area contributed by atoms with Gasteiger partial charge in [0.05, 0.1) is 23.5 Å². The average Bonchev–Trinajstić information content (AvgIpc) is 3.28. The number of nitrogens with zero attached hydrogens (tertiary/aromatic N) is 2. The molecule has 0 radical (unpaired) electrons. The Morgan fingerprint density at radius 1 is 0.833 bits per heavy atom. The number of benzene rings is 3. The number of nitrogens with one attached hydrogen (secondary N) is 1. The molecular weight excluding hydrogens is 473 g/mol. The largest absolute Gasteiger partial charge is 0.416 e. The summed E-state index contributed by atoms with van der Waals surface area (Å²) in [7, 11) is 0. The van der Waals surface area contributed by atoms with E-state index >= 15 is 0 Å². The second-order valence-electron chi connectivity index (χ2n) is 9.10. The molecule has 2 heterocycles. The predicted octanol–water partition coefficient (Wildman–Crippen LogP) is 7.42. The maximum atomic E-state index is 13.9. The van der Waals surface area contributed by atoms with Gasteiger partial charge in [-0.3, -0.25) is 4.90 Å². The number of H-pyrrole nitrogens is 1. The molecule has 186 valence electrons. The van der Waals surface area contributed by atoms with Crippen LogP contribution in [0.5, 0.6) is 0 Å². The quantitative estimate of drug-likeness (QED) is 0.291. The van der Waals surface area contributed by atoms with E-state index in [1.807, 2.05) is 0 Å². The molecule has 1 aliphatic heterocycles. The molecule has 1 aliphatic rings. The van der Waals surface area contributed by atoms with E-state index in [-0.39, 0.29) is 17.6 Å². The summed E-state index contributed by atoms with van der Waals surface area (Å²) in [6.07, 6.45) is -2.89. The number of aromatic nitrogens is 2. The van der Waals surface area contributed by atoms with Crippen molar-refractivity contribution in [1.82, 2.24) is 14.9 Å². The zero-order chi connectivity index (χ0) is 25.3. The molecule has 3 nitrogen and oxygen atoms in total. The average molecular weight is 498 g/mol. The SMILES string of the molecule is Fc1cccc(-c2nc(CN3CCC(c4cccc(C(F)(F)F)c4)CC3)[nH]c2-c2cccc(F)c2)c1. The summed E-state index contributed by atoms with van der Waals surface area (Å²) in [4.78, 5) is 10.2. The Hall–Kier alpha value is -3.52. The molecule has 4 aromatic rings. The van der Waals surface area contributed by atoms with Crippen LogP contribution in [0.25, 0.3) is 22.5 Å². The van der Waals surface area contributed by atoms with Gasteiger partial charge in [0.2, 0.25) is 0 Å². The minimum Gasteiger partial charge on any atom is -0.340 e. The molecule has 0 saturated carbocycles. The Morgan fingerprint density at radius 2 is 1.47 bits per heavy atom. The molecule has 0 amide bonds. The Balaban J connectivity index is 1.34. The molecule has 0 aliphatic carbocycles. The third kappa shape index (κ3) is 5.33. The van der Waals surface area contributed by atoms with Gasteiger partial charge in [-0.1, -0.05) is 42.5 Å². The third-order valence-corrected chi connectivity index (χ3v) is 6.61. The Bertz CT molecular complexity index is 1290. The van der Waals surface area contributed by atoms with Crippen LogP contribution in [0.15, 0.2) is 72.8 Å². The maximum absolute atomic E-state index is 13.9. The molecule has 1 N–H and O–H groups in total. The summed E-state index contributed by atoms with van der Waals surface area (Å²) in [5, 5.41) is 0. The second-order valence-corrected chi connectivity index (χ2v) is 9.10. The van der Waals surface area contributed by atoms with E-state index in [2.05, 4.69) is 9.88 Å². The summed E-state index contributed by atoms with van der Waals surface area (Å²) in [6.45, 7) is 1.89. The minimum absolute atomic E-state index is 0.0610. The number of alkyl halides is 3. The summed E-state index contributed by atoms with van der Waals surface area (Å²) >= 11 is 0. The highest BCUT2D eigenvalue weighted by Crippen LogP contribution is 2.35. The summed E-state index contributed by atoms with van der Waals surface area (Å²) < 4.78 is 67.2. The number of hydrogen-bond acceptors (Lipinski definition) is 2. The molecule has 1 aromatic heterocycles. The zero-order valence-corrected chi connectivity index (χ0v) is 19.3. The first-order valence-corrected chi connectivity index (χ1v) is 11.8. The van der Waals surface area contributed by atoms with E-state index in [9.17, 15) is 22.0 Å². The first-order valence-electron chi connectivity index (χ1n) is 11.8. The second kappa shape index (κ2) is 9.85. The van der Waals surface area contributed by atoms with Gasteiger partial charge in [-0.05, 0) is 67.7 Å². The highest BCUT2D eigenvalue weighted by atomic mass is 19.4. The molecule has 8 heteroatoms. The van der Waals surface area contributed by atoms with Crippen LogP contribution in [0.2, 0.25) is 0 Å². The number of likely N-dealkylation sites (tertiary alicyclic amines) is 1. The number of aromatic amines is 1. The first kappa shape index (κ1) is 24.2. The van der Waals surface area contributed by atoms with Gasteiger partial charge in [0.1, 0.15) is 17.5 Å². The number of hydrogen-bond donors (Lipinski definition) is 1. The van der Waals surface area contributed by atoms with Crippen LogP contribution in [-0.4, -0.2) is 28.0 Å². The lowest BCUT2D eigenvalue weighted by atomic mass is 9.88. The van der Waals surface area contributed by atoms with Gasteiger partial charge in [-0.2, -0.15) is 13.2 Å². The molecule has 5 rings (SSSR count). The number of imidazole rings is 1. The third-order valence-electron chi connectivity index (χ3n) is 6.61. The minimum atomic E-state index is -4.35. The van der Waals surface area contributed by atoms with Gasteiger partial charge in [0.25, 0.3) is 0 Å². The lowest BCUT2D eigenvalue weighted by Crippen LogP contribution is -2.32. The van der Waals surface area contributed by atoms with Crippen LogP contribution < -0.4 is 0 Å². The first-order chi connectivity index (χ1) is 17.3. The van der Waals surface area contributed by atoms with Gasteiger partial charge in [0, 0.05) is 11.1 Å². The lowest BCUT2D eigenvalue weighted by molar-refractivity contribution is -0.137. The molecule has 1 fully saturated rings. The van der Waals surface area contributed by atoms with Crippen LogP contribution in [-0.2, 0) is 12.7 Å². The standard InChI is InChI=1S/C28H24F5N3/c29-23-8-2-5-20(15-23)26-27(21-6-3-9-24(30)16-21)35-25(34-26)17-36-12-10-18(11-13-36)19-4-1-7-22(14-19)28(31,32)33/h1-9,14-16,18H,10-13,17H2,(H,34,35). The number of halogens is 5. The van der Waals surface area contributed by atoms with Crippen LogP contribution in [0.1, 0.15) is 35.7 Å². The van der Waals surface area contributed by atoms with Crippen molar-refractivity contribution in [1.29, 1.82) is 0 Å². The monoisotopic (exact) mass is 497 g/mol. The maximum Gasteiger partial charge on any atom is 0.416 e. The van der Waals surface area contributed by atoms with Crippen molar-refractivity contribution < 1.29 is 22.0 Å². The van der Waals surface area contributed by atoms with Crippen LogP contribution >= 0.6 is 0 Å². The molecule has 0 unspecified atom stereocenters. The van der Waals surface area contributed by atoms with Gasteiger partial charge in [-0.15, -0.1) is 0 Å². The summed E-state index contributed by atoms with van der Waals surface area (Å²) in [6, 6.07) is 17.8. The van der Waals surface area contributed by atoms with Crippen molar-refractivity contribution in [2.24, 2.45) is 0 Å². The Labute approximate surface area is 205 Å². The van der Waals surface area contributed by atoms with Crippen molar-refractivity contribution in [3.8, 4) is 22.5 Å². The fraction of sp³-hybridized carbons (Fsp3) is 0.250.